The first-order valence-corrected chi connectivity index (χ1v) is 10.4. The summed E-state index contributed by atoms with van der Waals surface area (Å²) in [6.45, 7) is 14.5. The molecule has 2 rings (SSSR count). The van der Waals surface area contributed by atoms with Gasteiger partial charge in [0.05, 0.1) is 6.54 Å². The molecule has 0 spiro atoms. The van der Waals surface area contributed by atoms with Gasteiger partial charge in [0.1, 0.15) is 0 Å². The van der Waals surface area contributed by atoms with Crippen LogP contribution in [-0.4, -0.2) is 60.1 Å². The minimum absolute atomic E-state index is 0. The first-order chi connectivity index (χ1) is 11.0. The van der Waals surface area contributed by atoms with E-state index in [1.54, 1.807) is 0 Å². The summed E-state index contributed by atoms with van der Waals surface area (Å²) in [6.07, 6.45) is 5.30. The fraction of sp³-hybridized carbons (Fsp3) is 0.944. The Labute approximate surface area is 170 Å². The second-order valence-electron chi connectivity index (χ2n) is 7.57. The largest absolute Gasteiger partial charge is 0.357 e. The molecule has 2 unspecified atom stereocenters. The Morgan fingerprint density at radius 1 is 1.33 bits per heavy atom. The van der Waals surface area contributed by atoms with Crippen LogP contribution in [0.1, 0.15) is 53.4 Å². The van der Waals surface area contributed by atoms with Gasteiger partial charge in [0.2, 0.25) is 0 Å². The van der Waals surface area contributed by atoms with Gasteiger partial charge in [0.25, 0.3) is 0 Å². The van der Waals surface area contributed by atoms with Crippen LogP contribution in [0.5, 0.6) is 0 Å². The lowest BCUT2D eigenvalue weighted by Crippen LogP contribution is -2.46. The molecule has 24 heavy (non-hydrogen) atoms. The number of piperidine rings is 1. The molecule has 0 bridgehead atoms. The summed E-state index contributed by atoms with van der Waals surface area (Å²) in [6, 6.07) is 0.666. The van der Waals surface area contributed by atoms with Crippen LogP contribution >= 0.6 is 35.7 Å². The minimum Gasteiger partial charge on any atom is -0.357 e. The molecule has 142 valence electrons. The molecule has 6 heteroatoms. The SMILES string of the molecule is CCNC(=NCC1(C)CCCS1)NCC1CCCN(C(C)C)C1.I. The number of likely N-dealkylation sites (tertiary alicyclic amines) is 1. The molecular weight excluding hydrogens is 431 g/mol. The lowest BCUT2D eigenvalue weighted by molar-refractivity contribution is 0.141. The molecule has 0 radical (unpaired) electrons. The van der Waals surface area contributed by atoms with Gasteiger partial charge in [-0.1, -0.05) is 0 Å². The van der Waals surface area contributed by atoms with Crippen molar-refractivity contribution in [3.63, 3.8) is 0 Å². The number of aliphatic imine (C=N–C) groups is 1. The predicted octanol–water partition coefficient (Wildman–Crippen LogP) is 3.57. The lowest BCUT2D eigenvalue weighted by Gasteiger charge is -2.35. The van der Waals surface area contributed by atoms with Gasteiger partial charge in [-0.3, -0.25) is 4.99 Å². The van der Waals surface area contributed by atoms with E-state index < -0.39 is 0 Å². The van der Waals surface area contributed by atoms with E-state index in [0.717, 1.165) is 31.5 Å². The number of hydrogen-bond acceptors (Lipinski definition) is 3. The van der Waals surface area contributed by atoms with Crippen molar-refractivity contribution in [2.75, 3.05) is 38.5 Å². The molecule has 0 aromatic heterocycles. The Morgan fingerprint density at radius 3 is 2.75 bits per heavy atom. The van der Waals surface area contributed by atoms with Crippen LogP contribution in [0.4, 0.5) is 0 Å². The summed E-state index contributed by atoms with van der Waals surface area (Å²) in [4.78, 5) is 7.47. The van der Waals surface area contributed by atoms with Crippen LogP contribution in [0.2, 0.25) is 0 Å². The summed E-state index contributed by atoms with van der Waals surface area (Å²) in [7, 11) is 0. The van der Waals surface area contributed by atoms with Gasteiger partial charge in [0, 0.05) is 30.4 Å². The third-order valence-electron chi connectivity index (χ3n) is 5.06. The van der Waals surface area contributed by atoms with E-state index in [0.29, 0.717) is 10.8 Å². The summed E-state index contributed by atoms with van der Waals surface area (Å²) >= 11 is 2.09. The van der Waals surface area contributed by atoms with E-state index in [2.05, 4.69) is 55.0 Å². The number of rotatable bonds is 6. The maximum atomic E-state index is 4.87. The van der Waals surface area contributed by atoms with Crippen molar-refractivity contribution in [3.8, 4) is 0 Å². The molecule has 2 fully saturated rings. The summed E-state index contributed by atoms with van der Waals surface area (Å²) in [5, 5.41) is 7.01. The van der Waals surface area contributed by atoms with Crippen LogP contribution in [0.25, 0.3) is 0 Å². The molecule has 0 aromatic rings. The number of thioether (sulfide) groups is 1. The molecule has 2 heterocycles. The summed E-state index contributed by atoms with van der Waals surface area (Å²) in [5.41, 5.74) is 0. The molecule has 0 aliphatic carbocycles. The van der Waals surface area contributed by atoms with E-state index in [4.69, 9.17) is 4.99 Å². The molecule has 0 aromatic carbocycles. The smallest absolute Gasteiger partial charge is 0.191 e. The van der Waals surface area contributed by atoms with E-state index in [-0.39, 0.29) is 24.0 Å². The fourth-order valence-corrected chi connectivity index (χ4v) is 4.75. The van der Waals surface area contributed by atoms with E-state index >= 15 is 0 Å². The molecule has 2 aliphatic heterocycles. The van der Waals surface area contributed by atoms with Crippen molar-refractivity contribution in [2.24, 2.45) is 10.9 Å². The minimum atomic E-state index is 0. The third kappa shape index (κ3) is 7.28. The molecule has 2 N–H and O–H groups in total. The van der Waals surface area contributed by atoms with Crippen molar-refractivity contribution in [1.82, 2.24) is 15.5 Å². The molecule has 4 nitrogen and oxygen atoms in total. The summed E-state index contributed by atoms with van der Waals surface area (Å²) in [5.74, 6) is 3.04. The van der Waals surface area contributed by atoms with E-state index in [9.17, 15) is 0 Å². The van der Waals surface area contributed by atoms with Gasteiger partial charge >= 0.3 is 0 Å². The van der Waals surface area contributed by atoms with Gasteiger partial charge in [-0.05, 0) is 71.6 Å². The number of hydrogen-bond donors (Lipinski definition) is 2. The standard InChI is InChI=1S/C18H36N4S.HI/c1-5-19-17(21-14-18(4)9-7-11-23-18)20-12-16-8-6-10-22(13-16)15(2)3;/h15-16H,5-14H2,1-4H3,(H2,19,20,21);1H. The lowest BCUT2D eigenvalue weighted by atomic mass is 9.97. The van der Waals surface area contributed by atoms with E-state index in [1.807, 2.05) is 0 Å². The monoisotopic (exact) mass is 468 g/mol. The Bertz CT molecular complexity index is 383. The van der Waals surface area contributed by atoms with Gasteiger partial charge in [-0.15, -0.1) is 24.0 Å². The highest BCUT2D eigenvalue weighted by Crippen LogP contribution is 2.37. The third-order valence-corrected chi connectivity index (χ3v) is 6.58. The van der Waals surface area contributed by atoms with Crippen LogP contribution in [0.15, 0.2) is 4.99 Å². The predicted molar refractivity (Wildman–Crippen MR) is 119 cm³/mol. The van der Waals surface area contributed by atoms with Gasteiger partial charge in [-0.2, -0.15) is 11.8 Å². The topological polar surface area (TPSA) is 39.7 Å². The Balaban J connectivity index is 0.00000288. The van der Waals surface area contributed by atoms with Crippen molar-refractivity contribution in [3.05, 3.63) is 0 Å². The highest BCUT2D eigenvalue weighted by Gasteiger charge is 2.29. The number of halogens is 1. The Morgan fingerprint density at radius 2 is 2.12 bits per heavy atom. The highest BCUT2D eigenvalue weighted by atomic mass is 127. The second-order valence-corrected chi connectivity index (χ2v) is 9.26. The maximum Gasteiger partial charge on any atom is 0.191 e. The molecular formula is C18H37IN4S. The zero-order valence-electron chi connectivity index (χ0n) is 15.9. The zero-order chi connectivity index (χ0) is 16.7. The highest BCUT2D eigenvalue weighted by molar-refractivity contribution is 14.0. The summed E-state index contributed by atoms with van der Waals surface area (Å²) < 4.78 is 0.349. The van der Waals surface area contributed by atoms with Crippen LogP contribution in [-0.2, 0) is 0 Å². The van der Waals surface area contributed by atoms with Crippen molar-refractivity contribution >= 4 is 41.7 Å². The Kier molecular flexibility index (Phi) is 10.4. The molecule has 2 atom stereocenters. The number of nitrogens with one attached hydrogen (secondary N) is 2. The molecule has 0 amide bonds. The number of guanidine groups is 1. The quantitative estimate of drug-likeness (QED) is 0.355. The first-order valence-electron chi connectivity index (χ1n) is 9.42. The normalized spacial score (nSPS) is 28.7. The maximum absolute atomic E-state index is 4.87. The first kappa shape index (κ1) is 22.4. The molecule has 0 saturated carbocycles. The average molecular weight is 468 g/mol. The zero-order valence-corrected chi connectivity index (χ0v) is 19.1. The fourth-order valence-electron chi connectivity index (χ4n) is 3.52. The second kappa shape index (κ2) is 11.1. The van der Waals surface area contributed by atoms with Crippen molar-refractivity contribution in [1.29, 1.82) is 0 Å². The van der Waals surface area contributed by atoms with Crippen LogP contribution in [0, 0.1) is 5.92 Å². The van der Waals surface area contributed by atoms with Gasteiger partial charge < -0.3 is 15.5 Å². The van der Waals surface area contributed by atoms with Crippen LogP contribution in [0.3, 0.4) is 0 Å². The van der Waals surface area contributed by atoms with Crippen LogP contribution < -0.4 is 10.6 Å². The van der Waals surface area contributed by atoms with Gasteiger partial charge in [0.15, 0.2) is 5.96 Å². The van der Waals surface area contributed by atoms with Crippen molar-refractivity contribution in [2.45, 2.75) is 64.2 Å². The average Bonchev–Trinajstić information content (AvgIpc) is 2.97. The number of nitrogens with zero attached hydrogens (tertiary/aromatic N) is 2. The Hall–Kier alpha value is 0.310. The molecule has 2 saturated heterocycles. The van der Waals surface area contributed by atoms with Crippen molar-refractivity contribution < 1.29 is 0 Å². The molecule has 2 aliphatic rings. The van der Waals surface area contributed by atoms with Gasteiger partial charge in [-0.25, -0.2) is 0 Å². The van der Waals surface area contributed by atoms with E-state index in [1.165, 1.54) is 44.5 Å².